The van der Waals surface area contributed by atoms with E-state index in [1.807, 2.05) is 18.2 Å². The molecule has 0 aliphatic carbocycles. The van der Waals surface area contributed by atoms with Crippen LogP contribution in [0.15, 0.2) is 18.2 Å². The predicted molar refractivity (Wildman–Crippen MR) is 72.1 cm³/mol. The molecule has 0 saturated heterocycles. The third-order valence-corrected chi connectivity index (χ3v) is 3.25. The third-order valence-electron chi connectivity index (χ3n) is 3.01. The molecular formula is C13H21ClN2. The van der Waals surface area contributed by atoms with Crippen molar-refractivity contribution in [3.63, 3.8) is 0 Å². The Bertz CT molecular complexity index is 339. The van der Waals surface area contributed by atoms with Crippen LogP contribution in [-0.4, -0.2) is 13.1 Å². The summed E-state index contributed by atoms with van der Waals surface area (Å²) >= 11 is 6.03. The first-order valence-corrected chi connectivity index (χ1v) is 6.19. The van der Waals surface area contributed by atoms with E-state index in [0.717, 1.165) is 16.3 Å². The molecular weight excluding hydrogens is 220 g/mol. The van der Waals surface area contributed by atoms with Gasteiger partial charge in [-0.2, -0.15) is 0 Å². The standard InChI is InChI=1S/C13H21ClN2/c1-4-5-10(2)16(3)13-8-12(14)7-6-11(13)9-15/h6-8,10H,4-5,9,15H2,1-3H3. The van der Waals surface area contributed by atoms with Crippen LogP contribution in [0.3, 0.4) is 0 Å². The van der Waals surface area contributed by atoms with Crippen LogP contribution in [-0.2, 0) is 6.54 Å². The van der Waals surface area contributed by atoms with Gasteiger partial charge in [0.25, 0.3) is 0 Å². The lowest BCUT2D eigenvalue weighted by Gasteiger charge is -2.29. The van der Waals surface area contributed by atoms with Crippen molar-refractivity contribution in [3.05, 3.63) is 28.8 Å². The number of anilines is 1. The zero-order chi connectivity index (χ0) is 12.1. The Morgan fingerprint density at radius 2 is 2.12 bits per heavy atom. The fraction of sp³-hybridized carbons (Fsp3) is 0.538. The zero-order valence-electron chi connectivity index (χ0n) is 10.3. The smallest absolute Gasteiger partial charge is 0.0426 e. The van der Waals surface area contributed by atoms with Gasteiger partial charge in [-0.3, -0.25) is 0 Å². The number of nitrogens with two attached hydrogens (primary N) is 1. The fourth-order valence-electron chi connectivity index (χ4n) is 1.89. The van der Waals surface area contributed by atoms with Crippen LogP contribution < -0.4 is 10.6 Å². The van der Waals surface area contributed by atoms with E-state index in [2.05, 4.69) is 25.8 Å². The molecule has 0 amide bonds. The third kappa shape index (κ3) is 3.13. The summed E-state index contributed by atoms with van der Waals surface area (Å²) in [5.74, 6) is 0. The van der Waals surface area contributed by atoms with Crippen LogP contribution in [0.4, 0.5) is 5.69 Å². The maximum absolute atomic E-state index is 6.03. The molecule has 0 heterocycles. The van der Waals surface area contributed by atoms with Crippen LogP contribution in [0.2, 0.25) is 5.02 Å². The lowest BCUT2D eigenvalue weighted by Crippen LogP contribution is -2.29. The fourth-order valence-corrected chi connectivity index (χ4v) is 2.05. The molecule has 1 atom stereocenters. The first-order chi connectivity index (χ1) is 7.60. The Morgan fingerprint density at radius 1 is 1.44 bits per heavy atom. The van der Waals surface area contributed by atoms with Gasteiger partial charge in [0, 0.05) is 30.3 Å². The maximum atomic E-state index is 6.03. The van der Waals surface area contributed by atoms with Crippen LogP contribution in [0, 0.1) is 0 Å². The normalized spacial score (nSPS) is 12.6. The molecule has 16 heavy (non-hydrogen) atoms. The molecule has 0 spiro atoms. The summed E-state index contributed by atoms with van der Waals surface area (Å²) in [6, 6.07) is 6.41. The molecule has 1 aromatic rings. The molecule has 1 aromatic carbocycles. The molecule has 0 bridgehead atoms. The largest absolute Gasteiger partial charge is 0.372 e. The average molecular weight is 241 g/mol. The van der Waals surface area contributed by atoms with E-state index >= 15 is 0 Å². The van der Waals surface area contributed by atoms with Crippen molar-refractivity contribution < 1.29 is 0 Å². The molecule has 2 nitrogen and oxygen atoms in total. The first kappa shape index (κ1) is 13.3. The maximum Gasteiger partial charge on any atom is 0.0426 e. The summed E-state index contributed by atoms with van der Waals surface area (Å²) < 4.78 is 0. The first-order valence-electron chi connectivity index (χ1n) is 5.81. The molecule has 0 aliphatic rings. The Kier molecular flexibility index (Phi) is 5.10. The molecule has 90 valence electrons. The second-order valence-electron chi connectivity index (χ2n) is 4.23. The number of rotatable bonds is 5. The Balaban J connectivity index is 2.96. The number of halogens is 1. The van der Waals surface area contributed by atoms with Crippen LogP contribution in [0.25, 0.3) is 0 Å². The van der Waals surface area contributed by atoms with Crippen molar-refractivity contribution in [2.45, 2.75) is 39.3 Å². The summed E-state index contributed by atoms with van der Waals surface area (Å²) in [6.07, 6.45) is 2.36. The molecule has 1 unspecified atom stereocenters. The molecule has 2 N–H and O–H groups in total. The molecule has 1 rings (SSSR count). The Hall–Kier alpha value is -0.730. The second-order valence-corrected chi connectivity index (χ2v) is 4.66. The van der Waals surface area contributed by atoms with Crippen LogP contribution >= 0.6 is 11.6 Å². The summed E-state index contributed by atoms with van der Waals surface area (Å²) in [5.41, 5.74) is 8.04. The molecule has 0 radical (unpaired) electrons. The zero-order valence-corrected chi connectivity index (χ0v) is 11.1. The number of nitrogens with zero attached hydrogens (tertiary/aromatic N) is 1. The van der Waals surface area contributed by atoms with E-state index in [9.17, 15) is 0 Å². The van der Waals surface area contributed by atoms with Crippen molar-refractivity contribution in [2.24, 2.45) is 5.73 Å². The van der Waals surface area contributed by atoms with Crippen molar-refractivity contribution in [3.8, 4) is 0 Å². The molecule has 0 saturated carbocycles. The minimum Gasteiger partial charge on any atom is -0.372 e. The van der Waals surface area contributed by atoms with E-state index in [0.29, 0.717) is 12.6 Å². The highest BCUT2D eigenvalue weighted by Crippen LogP contribution is 2.26. The van der Waals surface area contributed by atoms with E-state index in [1.165, 1.54) is 12.8 Å². The van der Waals surface area contributed by atoms with Gasteiger partial charge in [0.15, 0.2) is 0 Å². The average Bonchev–Trinajstić information content (AvgIpc) is 2.28. The molecule has 0 fully saturated rings. The lowest BCUT2D eigenvalue weighted by molar-refractivity contribution is 0.614. The Morgan fingerprint density at radius 3 is 2.69 bits per heavy atom. The Labute approximate surface area is 103 Å². The van der Waals surface area contributed by atoms with Gasteiger partial charge in [-0.05, 0) is 31.0 Å². The van der Waals surface area contributed by atoms with E-state index in [1.54, 1.807) is 0 Å². The highest BCUT2D eigenvalue weighted by molar-refractivity contribution is 6.30. The van der Waals surface area contributed by atoms with Crippen molar-refractivity contribution >= 4 is 17.3 Å². The summed E-state index contributed by atoms with van der Waals surface area (Å²) in [7, 11) is 2.10. The van der Waals surface area contributed by atoms with Crippen molar-refractivity contribution in [2.75, 3.05) is 11.9 Å². The predicted octanol–water partition coefficient (Wildman–Crippen LogP) is 3.42. The number of hydrogen-bond acceptors (Lipinski definition) is 2. The van der Waals surface area contributed by atoms with Gasteiger partial charge in [-0.25, -0.2) is 0 Å². The van der Waals surface area contributed by atoms with Gasteiger partial charge in [0.1, 0.15) is 0 Å². The van der Waals surface area contributed by atoms with E-state index in [4.69, 9.17) is 17.3 Å². The number of hydrogen-bond donors (Lipinski definition) is 1. The minimum atomic E-state index is 0.508. The monoisotopic (exact) mass is 240 g/mol. The SMILES string of the molecule is CCCC(C)N(C)c1cc(Cl)ccc1CN. The van der Waals surface area contributed by atoms with Gasteiger partial charge in [-0.15, -0.1) is 0 Å². The highest BCUT2D eigenvalue weighted by Gasteiger charge is 2.12. The quantitative estimate of drug-likeness (QED) is 0.855. The minimum absolute atomic E-state index is 0.508. The van der Waals surface area contributed by atoms with Gasteiger partial charge < -0.3 is 10.6 Å². The molecule has 0 aliphatic heterocycles. The van der Waals surface area contributed by atoms with Gasteiger partial charge in [0.05, 0.1) is 0 Å². The second kappa shape index (κ2) is 6.12. The topological polar surface area (TPSA) is 29.3 Å². The van der Waals surface area contributed by atoms with E-state index in [-0.39, 0.29) is 0 Å². The van der Waals surface area contributed by atoms with Gasteiger partial charge >= 0.3 is 0 Å². The van der Waals surface area contributed by atoms with Crippen molar-refractivity contribution in [1.82, 2.24) is 0 Å². The molecule has 0 aromatic heterocycles. The van der Waals surface area contributed by atoms with Crippen LogP contribution in [0.1, 0.15) is 32.3 Å². The van der Waals surface area contributed by atoms with Crippen LogP contribution in [0.5, 0.6) is 0 Å². The van der Waals surface area contributed by atoms with Gasteiger partial charge in [0.2, 0.25) is 0 Å². The van der Waals surface area contributed by atoms with Crippen molar-refractivity contribution in [1.29, 1.82) is 0 Å². The summed E-state index contributed by atoms with van der Waals surface area (Å²) in [4.78, 5) is 2.26. The summed E-state index contributed by atoms with van der Waals surface area (Å²) in [6.45, 7) is 4.98. The van der Waals surface area contributed by atoms with Gasteiger partial charge in [-0.1, -0.05) is 31.0 Å². The van der Waals surface area contributed by atoms with E-state index < -0.39 is 0 Å². The number of benzene rings is 1. The molecule has 3 heteroatoms. The summed E-state index contributed by atoms with van der Waals surface area (Å²) in [5, 5.41) is 0.766. The lowest BCUT2D eigenvalue weighted by atomic mass is 10.1. The highest BCUT2D eigenvalue weighted by atomic mass is 35.5.